The highest BCUT2D eigenvalue weighted by atomic mass is 35.5. The van der Waals surface area contributed by atoms with Crippen LogP contribution in [0.1, 0.15) is 28.4 Å². The fourth-order valence-electron chi connectivity index (χ4n) is 4.36. The Morgan fingerprint density at radius 1 is 0.895 bits per heavy atom. The van der Waals surface area contributed by atoms with Crippen molar-refractivity contribution in [1.82, 2.24) is 9.80 Å². The molecular weight excluding hydrogens is 517 g/mol. The first-order valence-corrected chi connectivity index (χ1v) is 12.8. The van der Waals surface area contributed by atoms with E-state index in [1.807, 2.05) is 41.3 Å². The summed E-state index contributed by atoms with van der Waals surface area (Å²) >= 11 is 6.06. The minimum Gasteiger partial charge on any atom is -0.497 e. The Morgan fingerprint density at radius 2 is 1.50 bits per heavy atom. The number of carbonyl (C=O) groups excluding carboxylic acids is 1. The van der Waals surface area contributed by atoms with Crippen LogP contribution in [0.4, 0.5) is 13.2 Å². The van der Waals surface area contributed by atoms with Gasteiger partial charge < -0.3 is 14.4 Å². The first-order chi connectivity index (χ1) is 18.2. The first kappa shape index (κ1) is 28.0. The molecule has 0 N–H and O–H groups in total. The number of carbonyl (C=O) groups is 1. The third kappa shape index (κ3) is 7.72. The maximum atomic E-state index is 12.9. The number of rotatable bonds is 9. The highest BCUT2D eigenvalue weighted by molar-refractivity contribution is 6.30. The summed E-state index contributed by atoms with van der Waals surface area (Å²) in [4.78, 5) is 16.9. The van der Waals surface area contributed by atoms with E-state index in [4.69, 9.17) is 21.1 Å². The molecule has 1 atom stereocenters. The van der Waals surface area contributed by atoms with E-state index in [1.54, 1.807) is 19.2 Å². The Hall–Kier alpha value is -3.07. The summed E-state index contributed by atoms with van der Waals surface area (Å²) in [7, 11) is 1.61. The second-order valence-corrected chi connectivity index (χ2v) is 9.69. The molecule has 9 heteroatoms. The molecule has 1 heterocycles. The van der Waals surface area contributed by atoms with Crippen LogP contribution in [0.15, 0.2) is 72.8 Å². The Bertz CT molecular complexity index is 1180. The predicted octanol–water partition coefficient (Wildman–Crippen LogP) is 6.01. The van der Waals surface area contributed by atoms with Crippen LogP contribution in [0, 0.1) is 0 Å². The van der Waals surface area contributed by atoms with Gasteiger partial charge >= 0.3 is 6.18 Å². The molecule has 202 valence electrons. The Labute approximate surface area is 225 Å². The predicted molar refractivity (Wildman–Crippen MR) is 140 cm³/mol. The van der Waals surface area contributed by atoms with Crippen molar-refractivity contribution >= 4 is 17.5 Å². The first-order valence-electron chi connectivity index (χ1n) is 12.4. The number of halogens is 4. The monoisotopic (exact) mass is 546 g/mol. The maximum absolute atomic E-state index is 12.9. The maximum Gasteiger partial charge on any atom is 0.416 e. The molecule has 1 fully saturated rings. The van der Waals surface area contributed by atoms with Gasteiger partial charge in [0.25, 0.3) is 0 Å². The molecule has 0 radical (unpaired) electrons. The minimum absolute atomic E-state index is 0.0858. The lowest BCUT2D eigenvalue weighted by molar-refractivity contribution is -0.137. The summed E-state index contributed by atoms with van der Waals surface area (Å²) in [5, 5.41) is 0.610. The lowest BCUT2D eigenvalue weighted by Gasteiger charge is -2.36. The average Bonchev–Trinajstić information content (AvgIpc) is 2.92. The number of piperazine rings is 1. The second-order valence-electron chi connectivity index (χ2n) is 9.25. The van der Waals surface area contributed by atoms with Gasteiger partial charge in [-0.05, 0) is 53.1 Å². The van der Waals surface area contributed by atoms with Crippen molar-refractivity contribution < 1.29 is 27.4 Å². The SMILES string of the molecule is COc1ccc(CC(=O)N2CCN(CC(OCc3ccc(C(F)(F)F)cc3)c3ccc(Cl)cc3)CC2)cc1. The lowest BCUT2D eigenvalue weighted by atomic mass is 10.1. The van der Waals surface area contributed by atoms with Crippen LogP contribution in [0.25, 0.3) is 0 Å². The van der Waals surface area contributed by atoms with E-state index in [-0.39, 0.29) is 18.6 Å². The molecule has 0 bridgehead atoms. The zero-order valence-corrected chi connectivity index (χ0v) is 21.8. The van der Waals surface area contributed by atoms with Gasteiger partial charge in [0.2, 0.25) is 5.91 Å². The smallest absolute Gasteiger partial charge is 0.416 e. The molecule has 38 heavy (non-hydrogen) atoms. The summed E-state index contributed by atoms with van der Waals surface area (Å²) < 4.78 is 50.0. The molecule has 4 rings (SSSR count). The third-order valence-electron chi connectivity index (χ3n) is 6.64. The summed E-state index contributed by atoms with van der Waals surface area (Å²) in [5.74, 6) is 0.841. The summed E-state index contributed by atoms with van der Waals surface area (Å²) in [5.41, 5.74) is 1.85. The molecule has 5 nitrogen and oxygen atoms in total. The van der Waals surface area contributed by atoms with Gasteiger partial charge in [-0.2, -0.15) is 13.2 Å². The van der Waals surface area contributed by atoms with E-state index in [9.17, 15) is 18.0 Å². The molecular formula is C29H30ClF3N2O3. The van der Waals surface area contributed by atoms with Crippen LogP contribution < -0.4 is 4.74 Å². The highest BCUT2D eigenvalue weighted by Crippen LogP contribution is 2.30. The van der Waals surface area contributed by atoms with Gasteiger partial charge in [-0.15, -0.1) is 0 Å². The van der Waals surface area contributed by atoms with Gasteiger partial charge in [0, 0.05) is 37.7 Å². The van der Waals surface area contributed by atoms with Crippen molar-refractivity contribution in [2.45, 2.75) is 25.3 Å². The van der Waals surface area contributed by atoms with E-state index in [0.29, 0.717) is 49.7 Å². The number of methoxy groups -OCH3 is 1. The molecule has 1 unspecified atom stereocenters. The van der Waals surface area contributed by atoms with Crippen LogP contribution in [0.2, 0.25) is 5.02 Å². The Kier molecular flexibility index (Phi) is 9.31. The van der Waals surface area contributed by atoms with Crippen LogP contribution in [-0.4, -0.2) is 55.5 Å². The Morgan fingerprint density at radius 3 is 2.08 bits per heavy atom. The molecule has 1 aliphatic rings. The Balaban J connectivity index is 1.34. The van der Waals surface area contributed by atoms with E-state index < -0.39 is 11.7 Å². The molecule has 0 aliphatic carbocycles. The number of ether oxygens (including phenoxy) is 2. The normalized spacial score (nSPS) is 15.3. The largest absolute Gasteiger partial charge is 0.497 e. The number of benzene rings is 3. The molecule has 1 aliphatic heterocycles. The quantitative estimate of drug-likeness (QED) is 0.329. The van der Waals surface area contributed by atoms with Crippen molar-refractivity contribution in [3.05, 3.63) is 100 Å². The number of amides is 1. The van der Waals surface area contributed by atoms with Gasteiger partial charge in [0.05, 0.1) is 31.8 Å². The molecule has 0 spiro atoms. The summed E-state index contributed by atoms with van der Waals surface area (Å²) in [6.45, 7) is 3.38. The molecule has 1 amide bonds. The van der Waals surface area contributed by atoms with Gasteiger partial charge in [0.15, 0.2) is 0 Å². The molecule has 3 aromatic rings. The van der Waals surface area contributed by atoms with Gasteiger partial charge in [-0.25, -0.2) is 0 Å². The number of hydrogen-bond donors (Lipinski definition) is 0. The van der Waals surface area contributed by atoms with Crippen LogP contribution in [0.3, 0.4) is 0 Å². The topological polar surface area (TPSA) is 42.0 Å². The highest BCUT2D eigenvalue weighted by Gasteiger charge is 2.30. The van der Waals surface area contributed by atoms with Crippen LogP contribution in [-0.2, 0) is 28.7 Å². The lowest BCUT2D eigenvalue weighted by Crippen LogP contribution is -2.50. The van der Waals surface area contributed by atoms with Gasteiger partial charge in [0.1, 0.15) is 5.75 Å². The fourth-order valence-corrected chi connectivity index (χ4v) is 4.49. The van der Waals surface area contributed by atoms with Crippen molar-refractivity contribution in [3.63, 3.8) is 0 Å². The number of hydrogen-bond acceptors (Lipinski definition) is 4. The third-order valence-corrected chi connectivity index (χ3v) is 6.89. The standard InChI is InChI=1S/C29H30ClF3N2O3/c1-37-26-12-4-21(5-13-26)18-28(36)35-16-14-34(15-17-35)19-27(23-6-10-25(30)11-7-23)38-20-22-2-8-24(9-3-22)29(31,32)33/h2-13,27H,14-20H2,1H3. The van der Waals surface area contributed by atoms with E-state index >= 15 is 0 Å². The van der Waals surface area contributed by atoms with E-state index in [2.05, 4.69) is 4.90 Å². The fraction of sp³-hybridized carbons (Fsp3) is 0.345. The van der Waals surface area contributed by atoms with E-state index in [0.717, 1.165) is 29.0 Å². The van der Waals surface area contributed by atoms with Crippen molar-refractivity contribution in [2.75, 3.05) is 39.8 Å². The zero-order chi connectivity index (χ0) is 27.1. The molecule has 1 saturated heterocycles. The van der Waals surface area contributed by atoms with Gasteiger partial charge in [-0.1, -0.05) is 48.0 Å². The van der Waals surface area contributed by atoms with Crippen molar-refractivity contribution in [2.24, 2.45) is 0 Å². The number of alkyl halides is 3. The zero-order valence-electron chi connectivity index (χ0n) is 21.1. The van der Waals surface area contributed by atoms with Crippen molar-refractivity contribution in [1.29, 1.82) is 0 Å². The summed E-state index contributed by atoms with van der Waals surface area (Å²) in [6, 6.07) is 19.9. The molecule has 3 aromatic carbocycles. The molecule has 0 aromatic heterocycles. The number of nitrogens with zero attached hydrogens (tertiary/aromatic N) is 2. The average molecular weight is 547 g/mol. The molecule has 0 saturated carbocycles. The van der Waals surface area contributed by atoms with Crippen LogP contribution >= 0.6 is 11.6 Å². The summed E-state index contributed by atoms with van der Waals surface area (Å²) in [6.07, 6.45) is -4.34. The van der Waals surface area contributed by atoms with Crippen LogP contribution in [0.5, 0.6) is 5.75 Å². The van der Waals surface area contributed by atoms with Crippen molar-refractivity contribution in [3.8, 4) is 5.75 Å². The minimum atomic E-state index is -4.37. The van der Waals surface area contributed by atoms with E-state index in [1.165, 1.54) is 12.1 Å². The second kappa shape index (κ2) is 12.7. The van der Waals surface area contributed by atoms with Gasteiger partial charge in [-0.3, -0.25) is 9.69 Å².